The van der Waals surface area contributed by atoms with Gasteiger partial charge in [0.1, 0.15) is 5.52 Å². The molecule has 0 bridgehead atoms. The Bertz CT molecular complexity index is 828. The Kier molecular flexibility index (Phi) is 4.44. The minimum absolute atomic E-state index is 0.0786. The molecule has 0 unspecified atom stereocenters. The van der Waals surface area contributed by atoms with Crippen molar-refractivity contribution < 1.29 is 12.8 Å². The van der Waals surface area contributed by atoms with Crippen molar-refractivity contribution in [2.75, 3.05) is 32.4 Å². The topological polar surface area (TPSA) is 66.7 Å². The highest BCUT2D eigenvalue weighted by Gasteiger charge is 2.24. The van der Waals surface area contributed by atoms with Crippen molar-refractivity contribution in [1.29, 1.82) is 0 Å². The van der Waals surface area contributed by atoms with Crippen LogP contribution in [0.3, 0.4) is 0 Å². The van der Waals surface area contributed by atoms with Crippen molar-refractivity contribution in [2.45, 2.75) is 32.7 Å². The van der Waals surface area contributed by atoms with Gasteiger partial charge in [-0.1, -0.05) is 26.8 Å². The van der Waals surface area contributed by atoms with Gasteiger partial charge in [-0.15, -0.1) is 0 Å². The number of fused-ring (bicyclic) bond motifs is 1. The molecule has 1 aliphatic rings. The second kappa shape index (κ2) is 6.13. The molecule has 24 heavy (non-hydrogen) atoms. The largest absolute Gasteiger partial charge is 0.439 e. The maximum absolute atomic E-state index is 11.6. The number of piperazine rings is 1. The number of benzene rings is 1. The summed E-state index contributed by atoms with van der Waals surface area (Å²) in [5.74, 6) is 0.684. The molecule has 1 fully saturated rings. The lowest BCUT2D eigenvalue weighted by Gasteiger charge is -2.32. The van der Waals surface area contributed by atoms with E-state index in [2.05, 4.69) is 42.8 Å². The van der Waals surface area contributed by atoms with E-state index in [1.165, 1.54) is 16.1 Å². The standard InChI is InChI=1S/C17H25N3O3S/c1-17(2,3)13-5-6-15-14(11-13)18-16(23-15)12-19-7-9-20(10-8-19)24(4,21)22/h5-6,11H,7-10,12H2,1-4H3. The highest BCUT2D eigenvalue weighted by molar-refractivity contribution is 7.88. The van der Waals surface area contributed by atoms with Gasteiger partial charge < -0.3 is 4.42 Å². The Labute approximate surface area is 143 Å². The van der Waals surface area contributed by atoms with Gasteiger partial charge in [0.05, 0.1) is 12.8 Å². The van der Waals surface area contributed by atoms with E-state index >= 15 is 0 Å². The zero-order chi connectivity index (χ0) is 17.5. The van der Waals surface area contributed by atoms with Crippen molar-refractivity contribution >= 4 is 21.1 Å². The Hall–Kier alpha value is -1.44. The second-order valence-corrected chi connectivity index (χ2v) is 9.46. The van der Waals surface area contributed by atoms with Crippen molar-refractivity contribution in [1.82, 2.24) is 14.2 Å². The van der Waals surface area contributed by atoms with Crippen LogP contribution in [0.25, 0.3) is 11.1 Å². The number of rotatable bonds is 3. The van der Waals surface area contributed by atoms with E-state index < -0.39 is 10.0 Å². The summed E-state index contributed by atoms with van der Waals surface area (Å²) < 4.78 is 30.5. The van der Waals surface area contributed by atoms with Crippen molar-refractivity contribution in [3.8, 4) is 0 Å². The van der Waals surface area contributed by atoms with Crippen molar-refractivity contribution in [3.05, 3.63) is 29.7 Å². The smallest absolute Gasteiger partial charge is 0.211 e. The molecule has 7 heteroatoms. The van der Waals surface area contributed by atoms with Crippen LogP contribution in [-0.2, 0) is 22.0 Å². The Balaban J connectivity index is 1.70. The Morgan fingerprint density at radius 3 is 2.42 bits per heavy atom. The molecule has 1 aromatic heterocycles. The second-order valence-electron chi connectivity index (χ2n) is 7.48. The molecular formula is C17H25N3O3S. The van der Waals surface area contributed by atoms with Gasteiger partial charge in [0.15, 0.2) is 5.58 Å². The molecule has 1 aliphatic heterocycles. The van der Waals surface area contributed by atoms with Gasteiger partial charge >= 0.3 is 0 Å². The van der Waals surface area contributed by atoms with Gasteiger partial charge in [0, 0.05) is 26.2 Å². The van der Waals surface area contributed by atoms with Crippen LogP contribution in [0.2, 0.25) is 0 Å². The first-order valence-electron chi connectivity index (χ1n) is 8.20. The summed E-state index contributed by atoms with van der Waals surface area (Å²) in [6.07, 6.45) is 1.26. The number of hydrogen-bond donors (Lipinski definition) is 0. The van der Waals surface area contributed by atoms with E-state index in [-0.39, 0.29) is 5.41 Å². The number of aromatic nitrogens is 1. The first-order valence-corrected chi connectivity index (χ1v) is 10.1. The molecule has 1 saturated heterocycles. The normalized spacial score (nSPS) is 18.3. The molecule has 0 atom stereocenters. The van der Waals surface area contributed by atoms with Gasteiger partial charge in [-0.05, 0) is 23.1 Å². The quantitative estimate of drug-likeness (QED) is 0.848. The SMILES string of the molecule is CC(C)(C)c1ccc2oc(CN3CCN(S(C)(=O)=O)CC3)nc2c1. The molecular weight excluding hydrogens is 326 g/mol. The fourth-order valence-corrected chi connectivity index (χ4v) is 3.75. The van der Waals surface area contributed by atoms with Crippen LogP contribution < -0.4 is 0 Å². The van der Waals surface area contributed by atoms with Crippen LogP contribution in [0, 0.1) is 0 Å². The van der Waals surface area contributed by atoms with Crippen molar-refractivity contribution in [3.63, 3.8) is 0 Å². The number of oxazole rings is 1. The van der Waals surface area contributed by atoms with Crippen LogP contribution >= 0.6 is 0 Å². The molecule has 2 aromatic rings. The molecule has 0 N–H and O–H groups in total. The highest BCUT2D eigenvalue weighted by atomic mass is 32.2. The highest BCUT2D eigenvalue weighted by Crippen LogP contribution is 2.26. The van der Waals surface area contributed by atoms with E-state index in [0.29, 0.717) is 38.6 Å². The third-order valence-corrected chi connectivity index (χ3v) is 5.76. The molecule has 0 radical (unpaired) electrons. The minimum atomic E-state index is -3.09. The average Bonchev–Trinajstić information content (AvgIpc) is 2.87. The van der Waals surface area contributed by atoms with Gasteiger partial charge in [0.2, 0.25) is 15.9 Å². The van der Waals surface area contributed by atoms with Gasteiger partial charge in [-0.25, -0.2) is 13.4 Å². The maximum atomic E-state index is 11.6. The predicted molar refractivity (Wildman–Crippen MR) is 94.4 cm³/mol. The van der Waals surface area contributed by atoms with E-state index in [1.54, 1.807) is 0 Å². The van der Waals surface area contributed by atoms with Crippen LogP contribution in [0.5, 0.6) is 0 Å². The zero-order valence-corrected chi connectivity index (χ0v) is 15.6. The molecule has 3 rings (SSSR count). The lowest BCUT2D eigenvalue weighted by Crippen LogP contribution is -2.47. The lowest BCUT2D eigenvalue weighted by atomic mass is 9.87. The van der Waals surface area contributed by atoms with Gasteiger partial charge in [0.25, 0.3) is 0 Å². The molecule has 0 amide bonds. The number of sulfonamides is 1. The summed E-state index contributed by atoms with van der Waals surface area (Å²) in [6.45, 7) is 9.57. The van der Waals surface area contributed by atoms with E-state index in [1.807, 2.05) is 6.07 Å². The molecule has 0 saturated carbocycles. The molecule has 0 spiro atoms. The monoisotopic (exact) mass is 351 g/mol. The fraction of sp³-hybridized carbons (Fsp3) is 0.588. The molecule has 2 heterocycles. The summed E-state index contributed by atoms with van der Waals surface area (Å²) in [5, 5.41) is 0. The first-order chi connectivity index (χ1) is 11.1. The Morgan fingerprint density at radius 1 is 1.17 bits per heavy atom. The molecule has 0 aliphatic carbocycles. The third kappa shape index (κ3) is 3.79. The molecule has 6 nitrogen and oxygen atoms in total. The van der Waals surface area contributed by atoms with Gasteiger partial charge in [-0.3, -0.25) is 4.90 Å². The average molecular weight is 351 g/mol. The first kappa shape index (κ1) is 17.4. The van der Waals surface area contributed by atoms with Gasteiger partial charge in [-0.2, -0.15) is 4.31 Å². The summed E-state index contributed by atoms with van der Waals surface area (Å²) in [5.41, 5.74) is 2.99. The summed E-state index contributed by atoms with van der Waals surface area (Å²) in [7, 11) is -3.09. The van der Waals surface area contributed by atoms with E-state index in [9.17, 15) is 8.42 Å². The zero-order valence-electron chi connectivity index (χ0n) is 14.7. The minimum Gasteiger partial charge on any atom is -0.439 e. The summed E-state index contributed by atoms with van der Waals surface area (Å²) >= 11 is 0. The lowest BCUT2D eigenvalue weighted by molar-refractivity contribution is 0.170. The number of hydrogen-bond acceptors (Lipinski definition) is 5. The van der Waals surface area contributed by atoms with E-state index in [0.717, 1.165) is 11.1 Å². The maximum Gasteiger partial charge on any atom is 0.211 e. The van der Waals surface area contributed by atoms with Crippen molar-refractivity contribution in [2.24, 2.45) is 0 Å². The fourth-order valence-electron chi connectivity index (χ4n) is 2.92. The predicted octanol–water partition coefficient (Wildman–Crippen LogP) is 2.20. The van der Waals surface area contributed by atoms with Crippen LogP contribution in [-0.4, -0.2) is 55.0 Å². The van der Waals surface area contributed by atoms with Crippen LogP contribution in [0.1, 0.15) is 32.2 Å². The van der Waals surface area contributed by atoms with Crippen LogP contribution in [0.4, 0.5) is 0 Å². The summed E-state index contributed by atoms with van der Waals surface area (Å²) in [4.78, 5) is 6.79. The number of nitrogens with zero attached hydrogens (tertiary/aromatic N) is 3. The molecule has 1 aromatic carbocycles. The third-order valence-electron chi connectivity index (χ3n) is 4.46. The van der Waals surface area contributed by atoms with Crippen LogP contribution in [0.15, 0.2) is 22.6 Å². The molecule has 132 valence electrons. The summed E-state index contributed by atoms with van der Waals surface area (Å²) in [6, 6.07) is 6.15. The van der Waals surface area contributed by atoms with E-state index in [4.69, 9.17) is 4.42 Å². The Morgan fingerprint density at radius 2 is 1.83 bits per heavy atom.